The van der Waals surface area contributed by atoms with Crippen molar-refractivity contribution in [3.05, 3.63) is 36.2 Å². The number of unbranched alkanes of at least 4 members (excludes halogenated alkanes) is 4. The molecule has 0 bridgehead atoms. The van der Waals surface area contributed by atoms with Crippen molar-refractivity contribution >= 4 is 8.53 Å². The zero-order chi connectivity index (χ0) is 18.2. The Labute approximate surface area is 150 Å². The van der Waals surface area contributed by atoms with Crippen LogP contribution in [0.3, 0.4) is 0 Å². The number of allylic oxidation sites excluding steroid dienone is 3. The molecule has 24 heavy (non-hydrogen) atoms. The molecule has 1 atom stereocenters. The SMILES string of the molecule is [C-]#[N+]CCOP(OCCCCCCC=CC=C)N(C(C)C)C(C)C. The lowest BCUT2D eigenvalue weighted by Crippen LogP contribution is -2.33. The van der Waals surface area contributed by atoms with Gasteiger partial charge in [-0.1, -0.05) is 37.6 Å². The van der Waals surface area contributed by atoms with Gasteiger partial charge in [0.1, 0.15) is 6.61 Å². The van der Waals surface area contributed by atoms with Crippen LogP contribution in [-0.4, -0.2) is 36.5 Å². The Kier molecular flexibility index (Phi) is 15.3. The lowest BCUT2D eigenvalue weighted by atomic mass is 10.1. The second-order valence-electron chi connectivity index (χ2n) is 6.22. The maximum Gasteiger partial charge on any atom is 0.259 e. The van der Waals surface area contributed by atoms with Gasteiger partial charge in [0.2, 0.25) is 6.54 Å². The van der Waals surface area contributed by atoms with Crippen molar-refractivity contribution in [2.24, 2.45) is 0 Å². The van der Waals surface area contributed by atoms with Gasteiger partial charge < -0.3 is 13.9 Å². The van der Waals surface area contributed by atoms with Crippen LogP contribution in [-0.2, 0) is 9.05 Å². The molecule has 138 valence electrons. The van der Waals surface area contributed by atoms with Crippen LogP contribution in [0.5, 0.6) is 0 Å². The molecule has 0 radical (unpaired) electrons. The topological polar surface area (TPSA) is 26.1 Å². The van der Waals surface area contributed by atoms with Crippen LogP contribution in [0.4, 0.5) is 0 Å². The van der Waals surface area contributed by atoms with E-state index in [0.29, 0.717) is 25.2 Å². The van der Waals surface area contributed by atoms with Crippen molar-refractivity contribution in [3.8, 4) is 0 Å². The van der Waals surface area contributed by atoms with Crippen molar-refractivity contribution in [2.75, 3.05) is 19.8 Å². The predicted octanol–water partition coefficient (Wildman–Crippen LogP) is 5.98. The summed E-state index contributed by atoms with van der Waals surface area (Å²) in [5, 5.41) is 0. The number of nitrogens with zero attached hydrogens (tertiary/aromatic N) is 2. The summed E-state index contributed by atoms with van der Waals surface area (Å²) in [6, 6.07) is 0.724. The number of hydrogen-bond acceptors (Lipinski definition) is 3. The van der Waals surface area contributed by atoms with Gasteiger partial charge in [0, 0.05) is 12.1 Å². The molecule has 0 amide bonds. The van der Waals surface area contributed by atoms with E-state index in [0.717, 1.165) is 19.4 Å². The van der Waals surface area contributed by atoms with Gasteiger partial charge >= 0.3 is 0 Å². The van der Waals surface area contributed by atoms with Gasteiger partial charge in [-0.15, -0.1) is 0 Å². The van der Waals surface area contributed by atoms with E-state index in [2.05, 4.69) is 49.9 Å². The van der Waals surface area contributed by atoms with E-state index in [1.807, 2.05) is 12.2 Å². The molecular formula is C19H35N2O2P. The van der Waals surface area contributed by atoms with Crippen LogP contribution in [0.2, 0.25) is 0 Å². The zero-order valence-corrected chi connectivity index (χ0v) is 16.8. The summed E-state index contributed by atoms with van der Waals surface area (Å²) >= 11 is 0. The van der Waals surface area contributed by atoms with Crippen molar-refractivity contribution < 1.29 is 9.05 Å². The molecule has 0 N–H and O–H groups in total. The van der Waals surface area contributed by atoms with Crippen molar-refractivity contribution in [2.45, 2.75) is 71.9 Å². The first-order valence-corrected chi connectivity index (χ1v) is 10.1. The Morgan fingerprint density at radius 3 is 2.25 bits per heavy atom. The molecule has 0 spiro atoms. The molecule has 0 aliphatic rings. The summed E-state index contributed by atoms with van der Waals surface area (Å²) in [4.78, 5) is 3.36. The van der Waals surface area contributed by atoms with Crippen LogP contribution >= 0.6 is 8.53 Å². The van der Waals surface area contributed by atoms with Crippen LogP contribution in [0.25, 0.3) is 4.85 Å². The van der Waals surface area contributed by atoms with Crippen molar-refractivity contribution in [1.82, 2.24) is 4.67 Å². The Morgan fingerprint density at radius 2 is 1.67 bits per heavy atom. The third-order valence-electron chi connectivity index (χ3n) is 3.39. The fraction of sp³-hybridized carbons (Fsp3) is 0.737. The molecule has 0 aromatic heterocycles. The average molecular weight is 354 g/mol. The Balaban J connectivity index is 4.14. The monoisotopic (exact) mass is 354 g/mol. The highest BCUT2D eigenvalue weighted by atomic mass is 31.2. The van der Waals surface area contributed by atoms with Gasteiger partial charge in [-0.2, -0.15) is 0 Å². The normalized spacial score (nSPS) is 13.1. The fourth-order valence-electron chi connectivity index (χ4n) is 2.36. The van der Waals surface area contributed by atoms with Crippen molar-refractivity contribution in [3.63, 3.8) is 0 Å². The smallest absolute Gasteiger partial charge is 0.259 e. The minimum absolute atomic E-state index is 0.362. The predicted molar refractivity (Wildman–Crippen MR) is 105 cm³/mol. The summed E-state index contributed by atoms with van der Waals surface area (Å²) in [5.74, 6) is 0. The summed E-state index contributed by atoms with van der Waals surface area (Å²) < 4.78 is 14.2. The summed E-state index contributed by atoms with van der Waals surface area (Å²) in [7, 11) is -1.08. The highest BCUT2D eigenvalue weighted by molar-refractivity contribution is 7.44. The van der Waals surface area contributed by atoms with E-state index in [1.54, 1.807) is 0 Å². The lowest BCUT2D eigenvalue weighted by Gasteiger charge is -2.35. The van der Waals surface area contributed by atoms with Gasteiger partial charge in [-0.3, -0.25) is 0 Å². The highest BCUT2D eigenvalue weighted by Gasteiger charge is 2.27. The lowest BCUT2D eigenvalue weighted by molar-refractivity contribution is 0.176. The maximum atomic E-state index is 6.89. The van der Waals surface area contributed by atoms with Gasteiger partial charge in [0.15, 0.2) is 0 Å². The molecule has 5 heteroatoms. The van der Waals surface area contributed by atoms with Crippen LogP contribution in [0, 0.1) is 6.57 Å². The van der Waals surface area contributed by atoms with E-state index in [1.165, 1.54) is 19.3 Å². The third kappa shape index (κ3) is 11.8. The van der Waals surface area contributed by atoms with Crippen LogP contribution < -0.4 is 0 Å². The molecule has 1 unspecified atom stereocenters. The Bertz CT molecular complexity index is 370. The van der Waals surface area contributed by atoms with E-state index >= 15 is 0 Å². The fourth-order valence-corrected chi connectivity index (χ4v) is 3.98. The van der Waals surface area contributed by atoms with Crippen LogP contribution in [0.1, 0.15) is 59.8 Å². The molecule has 0 saturated carbocycles. The van der Waals surface area contributed by atoms with Gasteiger partial charge in [0.25, 0.3) is 8.53 Å². The minimum Gasteiger partial charge on any atom is -0.322 e. The van der Waals surface area contributed by atoms with Crippen molar-refractivity contribution in [1.29, 1.82) is 0 Å². The molecule has 0 fully saturated rings. The van der Waals surface area contributed by atoms with E-state index in [9.17, 15) is 0 Å². The maximum absolute atomic E-state index is 6.89. The zero-order valence-electron chi connectivity index (χ0n) is 15.9. The average Bonchev–Trinajstić information content (AvgIpc) is 2.52. The standard InChI is InChI=1S/C19H35N2O2P/c1-7-8-9-10-11-12-13-14-16-22-24(23-17-15-20-6)21(18(2)3)19(4)5/h7-9,18-19H,1,10-17H2,2-5H3. The molecule has 0 aromatic carbocycles. The first-order valence-electron chi connectivity index (χ1n) is 8.99. The third-order valence-corrected chi connectivity index (χ3v) is 5.50. The molecule has 0 heterocycles. The largest absolute Gasteiger partial charge is 0.322 e. The van der Waals surface area contributed by atoms with E-state index < -0.39 is 8.53 Å². The van der Waals surface area contributed by atoms with Gasteiger partial charge in [-0.25, -0.2) is 11.2 Å². The molecule has 0 aliphatic carbocycles. The molecular weight excluding hydrogens is 319 g/mol. The molecule has 4 nitrogen and oxygen atoms in total. The Morgan fingerprint density at radius 1 is 1.04 bits per heavy atom. The first kappa shape index (κ1) is 23.3. The summed E-state index contributed by atoms with van der Waals surface area (Å²) in [5.41, 5.74) is 0. The number of hydrogen-bond donors (Lipinski definition) is 0. The van der Waals surface area contributed by atoms with E-state index in [-0.39, 0.29) is 0 Å². The first-order chi connectivity index (χ1) is 11.5. The van der Waals surface area contributed by atoms with Crippen LogP contribution in [0.15, 0.2) is 24.8 Å². The summed E-state index contributed by atoms with van der Waals surface area (Å²) in [6.07, 6.45) is 11.8. The van der Waals surface area contributed by atoms with E-state index in [4.69, 9.17) is 15.6 Å². The quantitative estimate of drug-likeness (QED) is 0.157. The second-order valence-corrected chi connectivity index (χ2v) is 7.67. The number of rotatable bonds is 15. The Hall–Kier alpha value is -0.720. The molecule has 0 aromatic rings. The molecule has 0 saturated heterocycles. The second kappa shape index (κ2) is 15.8. The van der Waals surface area contributed by atoms with Gasteiger partial charge in [0.05, 0.1) is 6.61 Å². The summed E-state index contributed by atoms with van der Waals surface area (Å²) in [6.45, 7) is 20.8. The van der Waals surface area contributed by atoms with Gasteiger partial charge in [-0.05, 0) is 47.0 Å². The molecule has 0 rings (SSSR count). The highest BCUT2D eigenvalue weighted by Crippen LogP contribution is 2.45. The minimum atomic E-state index is -1.08. The molecule has 0 aliphatic heterocycles.